The highest BCUT2D eigenvalue weighted by Crippen LogP contribution is 2.30. The summed E-state index contributed by atoms with van der Waals surface area (Å²) in [5.41, 5.74) is 1.95. The van der Waals surface area contributed by atoms with Gasteiger partial charge in [0.25, 0.3) is 11.5 Å². The standard InChI is InChI=1S/C29H28F3N5O2/c1-3-35-11-13-36(14-12-35)23-9-10-24-25(17-23)33-18-37(28(24)39)26-16-22(8-7-19(26)2)34-27(38)20-5-4-6-21(15-20)29(30,31)32/h4-10,15-18H,3,11-14H2,1-2H3,(H,34,38). The van der Waals surface area contributed by atoms with Crippen LogP contribution in [-0.2, 0) is 6.18 Å². The van der Waals surface area contributed by atoms with Crippen molar-refractivity contribution in [1.29, 1.82) is 0 Å². The van der Waals surface area contributed by atoms with E-state index in [4.69, 9.17) is 0 Å². The molecule has 5 rings (SSSR count). The van der Waals surface area contributed by atoms with Crippen LogP contribution in [0.2, 0.25) is 0 Å². The van der Waals surface area contributed by atoms with E-state index in [0.717, 1.165) is 56.1 Å². The third-order valence-electron chi connectivity index (χ3n) is 7.11. The number of carbonyl (C=O) groups excluding carboxylic acids is 1. The van der Waals surface area contributed by atoms with E-state index in [1.165, 1.54) is 23.0 Å². The van der Waals surface area contributed by atoms with Gasteiger partial charge in [-0.25, -0.2) is 4.98 Å². The molecule has 4 aromatic rings. The summed E-state index contributed by atoms with van der Waals surface area (Å²) in [6, 6.07) is 14.9. The lowest BCUT2D eigenvalue weighted by Crippen LogP contribution is -2.46. The van der Waals surface area contributed by atoms with Crippen LogP contribution >= 0.6 is 0 Å². The average Bonchev–Trinajstić information content (AvgIpc) is 2.94. The predicted molar refractivity (Wildman–Crippen MR) is 146 cm³/mol. The lowest BCUT2D eigenvalue weighted by Gasteiger charge is -2.35. The summed E-state index contributed by atoms with van der Waals surface area (Å²) in [6.45, 7) is 8.81. The highest BCUT2D eigenvalue weighted by molar-refractivity contribution is 6.04. The first-order valence-electron chi connectivity index (χ1n) is 12.7. The molecule has 1 aliphatic heterocycles. The Bertz CT molecular complexity index is 1590. The molecule has 0 aliphatic carbocycles. The first kappa shape index (κ1) is 26.4. The van der Waals surface area contributed by atoms with E-state index in [1.807, 2.05) is 19.1 Å². The van der Waals surface area contributed by atoms with Crippen molar-refractivity contribution < 1.29 is 18.0 Å². The second kappa shape index (κ2) is 10.5. The summed E-state index contributed by atoms with van der Waals surface area (Å²) in [5.74, 6) is -0.688. The average molecular weight is 536 g/mol. The van der Waals surface area contributed by atoms with Crippen LogP contribution in [0, 0.1) is 6.92 Å². The molecule has 1 aromatic heterocycles. The number of aromatic nitrogens is 2. The molecule has 1 saturated heterocycles. The topological polar surface area (TPSA) is 70.5 Å². The fourth-order valence-electron chi connectivity index (χ4n) is 4.79. The lowest BCUT2D eigenvalue weighted by molar-refractivity contribution is -0.137. The van der Waals surface area contributed by atoms with Crippen LogP contribution < -0.4 is 15.8 Å². The molecule has 0 bridgehead atoms. The van der Waals surface area contributed by atoms with Crippen LogP contribution in [0.5, 0.6) is 0 Å². The van der Waals surface area contributed by atoms with Gasteiger partial charge in [-0.05, 0) is 67.6 Å². The van der Waals surface area contributed by atoms with E-state index >= 15 is 0 Å². The molecule has 1 fully saturated rings. The Balaban J connectivity index is 1.41. The van der Waals surface area contributed by atoms with Gasteiger partial charge in [0.1, 0.15) is 6.33 Å². The molecular weight excluding hydrogens is 507 g/mol. The summed E-state index contributed by atoms with van der Waals surface area (Å²) in [6.07, 6.45) is -3.09. The molecule has 1 aliphatic rings. The molecule has 0 radical (unpaired) electrons. The van der Waals surface area contributed by atoms with Crippen LogP contribution in [-0.4, -0.2) is 53.1 Å². The van der Waals surface area contributed by atoms with E-state index in [2.05, 4.69) is 27.0 Å². The molecule has 0 unspecified atom stereocenters. The van der Waals surface area contributed by atoms with Gasteiger partial charge in [0.05, 0.1) is 22.2 Å². The van der Waals surface area contributed by atoms with Gasteiger partial charge in [0, 0.05) is 43.1 Å². The number of piperazine rings is 1. The Kier molecular flexibility index (Phi) is 7.14. The van der Waals surface area contributed by atoms with E-state index in [0.29, 0.717) is 22.3 Å². The van der Waals surface area contributed by atoms with Gasteiger partial charge in [-0.1, -0.05) is 19.1 Å². The summed E-state index contributed by atoms with van der Waals surface area (Å²) in [7, 11) is 0. The molecule has 10 heteroatoms. The highest BCUT2D eigenvalue weighted by Gasteiger charge is 2.31. The van der Waals surface area contributed by atoms with Crippen LogP contribution in [0.4, 0.5) is 24.5 Å². The molecule has 7 nitrogen and oxygen atoms in total. The van der Waals surface area contributed by atoms with Crippen molar-refractivity contribution in [2.75, 3.05) is 42.9 Å². The molecule has 0 saturated carbocycles. The van der Waals surface area contributed by atoms with Gasteiger partial charge in [-0.3, -0.25) is 14.2 Å². The number of carbonyl (C=O) groups is 1. The van der Waals surface area contributed by atoms with Gasteiger partial charge in [0.15, 0.2) is 0 Å². The minimum Gasteiger partial charge on any atom is -0.369 e. The fraction of sp³-hybridized carbons (Fsp3) is 0.276. The summed E-state index contributed by atoms with van der Waals surface area (Å²) in [4.78, 5) is 35.4. The number of nitrogens with one attached hydrogen (secondary N) is 1. The van der Waals surface area contributed by atoms with E-state index in [1.54, 1.807) is 24.3 Å². The Morgan fingerprint density at radius 3 is 2.49 bits per heavy atom. The minimum absolute atomic E-state index is 0.122. The molecule has 0 atom stereocenters. The molecule has 39 heavy (non-hydrogen) atoms. The highest BCUT2D eigenvalue weighted by atomic mass is 19.4. The second-order valence-corrected chi connectivity index (χ2v) is 9.58. The number of likely N-dealkylation sites (N-methyl/N-ethyl adjacent to an activating group) is 1. The first-order valence-corrected chi connectivity index (χ1v) is 12.7. The molecular formula is C29H28F3N5O2. The van der Waals surface area contributed by atoms with Crippen molar-refractivity contribution in [3.05, 3.63) is 94.0 Å². The van der Waals surface area contributed by atoms with E-state index < -0.39 is 17.6 Å². The Hall–Kier alpha value is -4.18. The minimum atomic E-state index is -4.55. The normalized spacial score (nSPS) is 14.5. The fourth-order valence-corrected chi connectivity index (χ4v) is 4.79. The zero-order chi connectivity index (χ0) is 27.7. The summed E-state index contributed by atoms with van der Waals surface area (Å²) < 4.78 is 40.6. The number of anilines is 2. The number of aryl methyl sites for hydroxylation is 1. The number of alkyl halides is 3. The number of nitrogens with zero attached hydrogens (tertiary/aromatic N) is 4. The Labute approximate surface area is 223 Å². The van der Waals surface area contributed by atoms with Gasteiger partial charge in [0.2, 0.25) is 0 Å². The maximum absolute atomic E-state index is 13.4. The van der Waals surface area contributed by atoms with Crippen molar-refractivity contribution in [2.45, 2.75) is 20.0 Å². The van der Waals surface area contributed by atoms with Gasteiger partial charge < -0.3 is 15.1 Å². The molecule has 1 N–H and O–H groups in total. The molecule has 2 heterocycles. The number of halogens is 3. The predicted octanol–water partition coefficient (Wildman–Crippen LogP) is 5.11. The molecule has 202 valence electrons. The molecule has 3 aromatic carbocycles. The van der Waals surface area contributed by atoms with Gasteiger partial charge in [-0.2, -0.15) is 13.2 Å². The quantitative estimate of drug-likeness (QED) is 0.385. The second-order valence-electron chi connectivity index (χ2n) is 9.58. The Morgan fingerprint density at radius 2 is 1.77 bits per heavy atom. The van der Waals surface area contributed by atoms with Gasteiger partial charge in [-0.15, -0.1) is 0 Å². The SMILES string of the molecule is CCN1CCN(c2ccc3c(=O)n(-c4cc(NC(=O)c5cccc(C(F)(F)F)c5)ccc4C)cnc3c2)CC1. The van der Waals surface area contributed by atoms with Crippen LogP contribution in [0.3, 0.4) is 0 Å². The third kappa shape index (κ3) is 5.51. The number of rotatable bonds is 5. The maximum atomic E-state index is 13.4. The Morgan fingerprint density at radius 1 is 1.00 bits per heavy atom. The third-order valence-corrected chi connectivity index (χ3v) is 7.11. The zero-order valence-electron chi connectivity index (χ0n) is 21.6. The molecule has 1 amide bonds. The van der Waals surface area contributed by atoms with Crippen LogP contribution in [0.1, 0.15) is 28.4 Å². The summed E-state index contributed by atoms with van der Waals surface area (Å²) in [5, 5.41) is 3.10. The van der Waals surface area contributed by atoms with Crippen molar-refractivity contribution in [1.82, 2.24) is 14.5 Å². The zero-order valence-corrected chi connectivity index (χ0v) is 21.6. The number of fused-ring (bicyclic) bond motifs is 1. The number of amides is 1. The van der Waals surface area contributed by atoms with Crippen LogP contribution in [0.15, 0.2) is 71.8 Å². The first-order chi connectivity index (χ1) is 18.6. The van der Waals surface area contributed by atoms with Crippen molar-refractivity contribution in [3.63, 3.8) is 0 Å². The lowest BCUT2D eigenvalue weighted by atomic mass is 10.1. The number of hydrogen-bond acceptors (Lipinski definition) is 5. The van der Waals surface area contributed by atoms with Crippen LogP contribution in [0.25, 0.3) is 16.6 Å². The van der Waals surface area contributed by atoms with Crippen molar-refractivity contribution in [2.24, 2.45) is 0 Å². The molecule has 0 spiro atoms. The monoisotopic (exact) mass is 535 g/mol. The summed E-state index contributed by atoms with van der Waals surface area (Å²) >= 11 is 0. The van der Waals surface area contributed by atoms with Crippen molar-refractivity contribution in [3.8, 4) is 5.69 Å². The smallest absolute Gasteiger partial charge is 0.369 e. The van der Waals surface area contributed by atoms with Crippen molar-refractivity contribution >= 4 is 28.2 Å². The van der Waals surface area contributed by atoms with E-state index in [9.17, 15) is 22.8 Å². The van der Waals surface area contributed by atoms with E-state index in [-0.39, 0.29) is 11.1 Å². The maximum Gasteiger partial charge on any atom is 0.416 e. The van der Waals surface area contributed by atoms with Gasteiger partial charge >= 0.3 is 6.18 Å². The number of hydrogen-bond donors (Lipinski definition) is 1. The largest absolute Gasteiger partial charge is 0.416 e. The number of benzene rings is 3.